The number of nitrogens with zero attached hydrogens (tertiary/aromatic N) is 1. The molecule has 0 fully saturated rings. The van der Waals surface area contributed by atoms with Gasteiger partial charge >= 0.3 is 0 Å². The van der Waals surface area contributed by atoms with Gasteiger partial charge in [-0.15, -0.1) is 0 Å². The van der Waals surface area contributed by atoms with Gasteiger partial charge in [-0.2, -0.15) is 0 Å². The van der Waals surface area contributed by atoms with Gasteiger partial charge in [0.1, 0.15) is 5.82 Å². The predicted octanol–water partition coefficient (Wildman–Crippen LogP) is 2.13. The van der Waals surface area contributed by atoms with Crippen molar-refractivity contribution in [3.8, 4) is 0 Å². The zero-order chi connectivity index (χ0) is 11.3. The topological polar surface area (TPSA) is 15.3 Å². The summed E-state index contributed by atoms with van der Waals surface area (Å²) in [6, 6.07) is 4.33. The molecule has 1 N–H and O–H groups in total. The van der Waals surface area contributed by atoms with Crippen LogP contribution in [-0.2, 0) is 0 Å². The van der Waals surface area contributed by atoms with Gasteiger partial charge in [0, 0.05) is 12.6 Å². The summed E-state index contributed by atoms with van der Waals surface area (Å²) >= 11 is 0. The van der Waals surface area contributed by atoms with Crippen molar-refractivity contribution in [2.24, 2.45) is 0 Å². The lowest BCUT2D eigenvalue weighted by molar-refractivity contribution is 0.405. The first-order valence-corrected chi connectivity index (χ1v) is 4.85. The molecule has 0 aliphatic carbocycles. The van der Waals surface area contributed by atoms with Crippen LogP contribution in [0.25, 0.3) is 0 Å². The summed E-state index contributed by atoms with van der Waals surface area (Å²) in [6.45, 7) is 1.53. The van der Waals surface area contributed by atoms with Crippen LogP contribution < -0.4 is 5.32 Å². The van der Waals surface area contributed by atoms with Gasteiger partial charge in [0.05, 0.1) is 5.69 Å². The molecule has 1 radical (unpaired) electrons. The highest BCUT2D eigenvalue weighted by atomic mass is 19.1. The van der Waals surface area contributed by atoms with E-state index >= 15 is 0 Å². The van der Waals surface area contributed by atoms with Gasteiger partial charge in [-0.1, -0.05) is 0 Å². The van der Waals surface area contributed by atoms with Crippen molar-refractivity contribution in [1.29, 1.82) is 0 Å². The fourth-order valence-corrected chi connectivity index (χ4v) is 1.20. The molecule has 2 nitrogen and oxygen atoms in total. The Balaban J connectivity index is 2.40. The van der Waals surface area contributed by atoms with Crippen LogP contribution in [0.4, 0.5) is 14.5 Å². The van der Waals surface area contributed by atoms with Crippen molar-refractivity contribution in [3.05, 3.63) is 29.8 Å². The zero-order valence-corrected chi connectivity index (χ0v) is 8.98. The van der Waals surface area contributed by atoms with Crippen molar-refractivity contribution in [2.75, 3.05) is 32.5 Å². The molecular formula is C11H15F2N2. The van der Waals surface area contributed by atoms with Crippen LogP contribution in [0.2, 0.25) is 0 Å². The minimum atomic E-state index is -0.541. The molecule has 0 aliphatic rings. The highest BCUT2D eigenvalue weighted by molar-refractivity contribution is 5.44. The average Bonchev–Trinajstić information content (AvgIpc) is 2.17. The molecule has 0 heterocycles. The standard InChI is InChI=1S/C11H15F2N2/c1-15(2)7-3-6-14-11-8-9(12)4-5-10(11)13/h4,8,14H,3,6-7H2,1-2H3. The van der Waals surface area contributed by atoms with Gasteiger partial charge in [0.2, 0.25) is 0 Å². The fourth-order valence-electron chi connectivity index (χ4n) is 1.20. The third-order valence-corrected chi connectivity index (χ3v) is 1.95. The maximum absolute atomic E-state index is 13.1. The monoisotopic (exact) mass is 213 g/mol. The molecule has 0 bridgehead atoms. The second kappa shape index (κ2) is 5.66. The maximum Gasteiger partial charge on any atom is 0.154 e. The SMILES string of the molecule is CN(C)CCCNc1cc(F)c[c]c1F. The van der Waals surface area contributed by atoms with E-state index in [-0.39, 0.29) is 5.69 Å². The first-order valence-electron chi connectivity index (χ1n) is 4.85. The van der Waals surface area contributed by atoms with Crippen LogP contribution in [0.1, 0.15) is 6.42 Å². The van der Waals surface area contributed by atoms with Gasteiger partial charge in [0.25, 0.3) is 0 Å². The maximum atomic E-state index is 13.1. The Bertz CT molecular complexity index is 313. The zero-order valence-electron chi connectivity index (χ0n) is 8.98. The second-order valence-corrected chi connectivity index (χ2v) is 3.63. The minimum Gasteiger partial charge on any atom is -0.383 e. The molecule has 1 rings (SSSR count). The molecule has 0 spiro atoms. The van der Waals surface area contributed by atoms with Crippen LogP contribution in [0.15, 0.2) is 12.1 Å². The van der Waals surface area contributed by atoms with E-state index < -0.39 is 11.6 Å². The first kappa shape index (κ1) is 11.9. The number of benzene rings is 1. The minimum absolute atomic E-state index is 0.175. The molecule has 0 saturated carbocycles. The summed E-state index contributed by atoms with van der Waals surface area (Å²) in [4.78, 5) is 2.04. The van der Waals surface area contributed by atoms with Gasteiger partial charge in [-0.3, -0.25) is 0 Å². The lowest BCUT2D eigenvalue weighted by Gasteiger charge is -2.10. The predicted molar refractivity (Wildman–Crippen MR) is 56.9 cm³/mol. The Morgan fingerprint density at radius 3 is 2.80 bits per heavy atom. The number of hydrogen-bond acceptors (Lipinski definition) is 2. The third-order valence-electron chi connectivity index (χ3n) is 1.95. The molecule has 0 aliphatic heterocycles. The first-order chi connectivity index (χ1) is 7.09. The van der Waals surface area contributed by atoms with E-state index in [1.807, 2.05) is 19.0 Å². The molecule has 4 heteroatoms. The van der Waals surface area contributed by atoms with Crippen LogP contribution in [-0.4, -0.2) is 32.1 Å². The summed E-state index contributed by atoms with van der Waals surface area (Å²) in [7, 11) is 3.94. The Morgan fingerprint density at radius 2 is 2.13 bits per heavy atom. The Labute approximate surface area is 88.9 Å². The van der Waals surface area contributed by atoms with E-state index in [1.165, 1.54) is 0 Å². The lowest BCUT2D eigenvalue weighted by atomic mass is 10.3. The van der Waals surface area contributed by atoms with Crippen molar-refractivity contribution in [1.82, 2.24) is 4.90 Å². The molecule has 0 saturated heterocycles. The number of nitrogens with one attached hydrogen (secondary N) is 1. The van der Waals surface area contributed by atoms with E-state index in [0.717, 1.165) is 25.1 Å². The molecule has 15 heavy (non-hydrogen) atoms. The largest absolute Gasteiger partial charge is 0.383 e. The highest BCUT2D eigenvalue weighted by Crippen LogP contribution is 2.14. The molecule has 1 aromatic rings. The second-order valence-electron chi connectivity index (χ2n) is 3.63. The number of halogens is 2. The van der Waals surface area contributed by atoms with Crippen LogP contribution in [0, 0.1) is 17.7 Å². The summed E-state index contributed by atoms with van der Waals surface area (Å²) in [5, 5.41) is 2.84. The third kappa shape index (κ3) is 4.25. The van der Waals surface area contributed by atoms with Crippen LogP contribution in [0.5, 0.6) is 0 Å². The molecule has 83 valence electrons. The summed E-state index contributed by atoms with van der Waals surface area (Å²) in [6.07, 6.45) is 0.878. The molecule has 0 atom stereocenters. The van der Waals surface area contributed by atoms with Gasteiger partial charge in [-0.25, -0.2) is 8.78 Å². The molecule has 0 aromatic heterocycles. The van der Waals surface area contributed by atoms with Gasteiger partial charge in [-0.05, 0) is 39.2 Å². The lowest BCUT2D eigenvalue weighted by Crippen LogP contribution is -2.16. The molecule has 0 unspecified atom stereocenters. The Morgan fingerprint density at radius 1 is 1.40 bits per heavy atom. The Kier molecular flexibility index (Phi) is 4.49. The fraction of sp³-hybridized carbons (Fsp3) is 0.455. The Hall–Kier alpha value is -1.16. The molecular weight excluding hydrogens is 198 g/mol. The number of hydrogen-bond donors (Lipinski definition) is 1. The van der Waals surface area contributed by atoms with E-state index in [0.29, 0.717) is 6.54 Å². The highest BCUT2D eigenvalue weighted by Gasteiger charge is 2.02. The number of rotatable bonds is 5. The summed E-state index contributed by atoms with van der Waals surface area (Å²) in [5.41, 5.74) is 0.175. The summed E-state index contributed by atoms with van der Waals surface area (Å²) < 4.78 is 25.8. The van der Waals surface area contributed by atoms with E-state index in [1.54, 1.807) is 0 Å². The van der Waals surface area contributed by atoms with Crippen molar-refractivity contribution >= 4 is 5.69 Å². The normalized spacial score (nSPS) is 10.7. The van der Waals surface area contributed by atoms with Crippen LogP contribution >= 0.6 is 0 Å². The molecule has 0 amide bonds. The average molecular weight is 213 g/mol. The van der Waals surface area contributed by atoms with Crippen molar-refractivity contribution in [2.45, 2.75) is 6.42 Å². The van der Waals surface area contributed by atoms with Gasteiger partial charge in [0.15, 0.2) is 5.82 Å². The van der Waals surface area contributed by atoms with E-state index in [2.05, 4.69) is 11.4 Å². The smallest absolute Gasteiger partial charge is 0.154 e. The van der Waals surface area contributed by atoms with E-state index in [9.17, 15) is 8.78 Å². The van der Waals surface area contributed by atoms with E-state index in [4.69, 9.17) is 0 Å². The quantitative estimate of drug-likeness (QED) is 0.754. The molecule has 1 aromatic carbocycles. The van der Waals surface area contributed by atoms with Crippen molar-refractivity contribution in [3.63, 3.8) is 0 Å². The summed E-state index contributed by atoms with van der Waals surface area (Å²) in [5.74, 6) is -1.02. The van der Waals surface area contributed by atoms with Gasteiger partial charge < -0.3 is 10.2 Å². The van der Waals surface area contributed by atoms with Crippen molar-refractivity contribution < 1.29 is 8.78 Å². The van der Waals surface area contributed by atoms with Crippen LogP contribution in [0.3, 0.4) is 0 Å². The number of anilines is 1.